The van der Waals surface area contributed by atoms with Gasteiger partial charge < -0.3 is 5.73 Å². The first-order chi connectivity index (χ1) is 14.3. The molecular weight excluding hydrogens is 411 g/mol. The number of amides is 1. The van der Waals surface area contributed by atoms with Crippen LogP contribution in [-0.4, -0.2) is 22.5 Å². The zero-order chi connectivity index (χ0) is 21.5. The van der Waals surface area contributed by atoms with Crippen molar-refractivity contribution in [3.63, 3.8) is 0 Å². The first-order valence-corrected chi connectivity index (χ1v) is 10.6. The molecule has 0 saturated carbocycles. The van der Waals surface area contributed by atoms with Crippen LogP contribution in [-0.2, 0) is 22.3 Å². The van der Waals surface area contributed by atoms with Gasteiger partial charge in [0.25, 0.3) is 0 Å². The molecule has 0 aromatic heterocycles. The Morgan fingerprint density at radius 1 is 1.27 bits per heavy atom. The van der Waals surface area contributed by atoms with Crippen molar-refractivity contribution in [1.82, 2.24) is 5.01 Å². The molecule has 2 aromatic rings. The summed E-state index contributed by atoms with van der Waals surface area (Å²) < 4.78 is 39.7. The minimum absolute atomic E-state index is 0.0401. The van der Waals surface area contributed by atoms with E-state index in [2.05, 4.69) is 5.10 Å². The molecule has 2 aliphatic rings. The number of benzene rings is 2. The number of hydrazone groups is 1. The van der Waals surface area contributed by atoms with Crippen molar-refractivity contribution in [2.24, 2.45) is 16.8 Å². The molecule has 1 aliphatic carbocycles. The van der Waals surface area contributed by atoms with Gasteiger partial charge in [-0.2, -0.15) is 18.3 Å². The van der Waals surface area contributed by atoms with Gasteiger partial charge in [0.1, 0.15) is 9.91 Å². The van der Waals surface area contributed by atoms with Crippen LogP contribution in [0, 0.1) is 5.92 Å². The monoisotopic (exact) mass is 433 g/mol. The van der Waals surface area contributed by atoms with Crippen molar-refractivity contribution in [3.8, 4) is 0 Å². The molecule has 0 bridgehead atoms. The molecule has 0 radical (unpaired) electrons. The lowest BCUT2D eigenvalue weighted by molar-refractivity contribution is -0.137. The van der Waals surface area contributed by atoms with E-state index in [-0.39, 0.29) is 11.8 Å². The molecule has 0 fully saturated rings. The average Bonchev–Trinajstić information content (AvgIpc) is 3.12. The Morgan fingerprint density at radius 3 is 2.73 bits per heavy atom. The number of fused-ring (bicyclic) bond motifs is 2. The Balaban J connectivity index is 1.85. The van der Waals surface area contributed by atoms with Gasteiger partial charge in [0, 0.05) is 12.5 Å². The predicted molar refractivity (Wildman–Crippen MR) is 112 cm³/mol. The smallest absolute Gasteiger partial charge is 0.330 e. The second-order valence-electron chi connectivity index (χ2n) is 7.58. The van der Waals surface area contributed by atoms with Crippen molar-refractivity contribution in [1.29, 1.82) is 0 Å². The predicted octanol–water partition coefficient (Wildman–Crippen LogP) is 4.73. The number of hydrogen-bond acceptors (Lipinski definition) is 4. The molecule has 30 heavy (non-hydrogen) atoms. The Labute approximate surface area is 177 Å². The normalized spacial score (nSPS) is 23.4. The number of halogens is 3. The summed E-state index contributed by atoms with van der Waals surface area (Å²) in [5.74, 6) is -0.207. The molecule has 0 unspecified atom stereocenters. The van der Waals surface area contributed by atoms with Gasteiger partial charge in [-0.1, -0.05) is 48.2 Å². The van der Waals surface area contributed by atoms with E-state index in [4.69, 9.17) is 5.73 Å². The lowest BCUT2D eigenvalue weighted by atomic mass is 9.77. The Morgan fingerprint density at radius 2 is 2.03 bits per heavy atom. The molecule has 8 heteroatoms. The van der Waals surface area contributed by atoms with Gasteiger partial charge in [0.2, 0.25) is 5.91 Å². The summed E-state index contributed by atoms with van der Waals surface area (Å²) in [5.41, 5.74) is 7.63. The zero-order valence-corrected chi connectivity index (χ0v) is 17.3. The summed E-state index contributed by atoms with van der Waals surface area (Å²) in [7, 11) is 0. The van der Waals surface area contributed by atoms with E-state index in [1.807, 2.05) is 24.3 Å². The molecule has 4 rings (SSSR count). The van der Waals surface area contributed by atoms with Gasteiger partial charge in [-0.15, -0.1) is 0 Å². The number of carbonyl (C=O) groups is 1. The molecule has 2 N–H and O–H groups in total. The van der Waals surface area contributed by atoms with Crippen LogP contribution in [0.15, 0.2) is 53.6 Å². The van der Waals surface area contributed by atoms with Gasteiger partial charge in [-0.05, 0) is 55.0 Å². The number of thioether (sulfide) groups is 1. The van der Waals surface area contributed by atoms with Crippen LogP contribution in [0.2, 0.25) is 0 Å². The van der Waals surface area contributed by atoms with Gasteiger partial charge in [-0.3, -0.25) is 4.79 Å². The van der Waals surface area contributed by atoms with Crippen LogP contribution in [0.5, 0.6) is 0 Å². The highest BCUT2D eigenvalue weighted by Crippen LogP contribution is 2.57. The SMILES string of the molecule is CC(=O)N1N=C(c2cccc(C(F)(F)F)c2)S[C@@]12c1ccccc1CC[C@H]2CCN. The van der Waals surface area contributed by atoms with Gasteiger partial charge in [0.05, 0.1) is 5.56 Å². The largest absolute Gasteiger partial charge is 0.416 e. The van der Waals surface area contributed by atoms with E-state index in [0.29, 0.717) is 23.6 Å². The van der Waals surface area contributed by atoms with Crippen LogP contribution >= 0.6 is 11.8 Å². The standard InChI is InChI=1S/C22H22F3N3OS/c1-14(29)28-21(17(11-12-26)10-9-15-5-2-3-8-19(15)21)30-20(27-28)16-6-4-7-18(13-16)22(23,24)25/h2-8,13,17H,9-12,26H2,1H3/t17-,21-/m0/s1. The fourth-order valence-corrected chi connectivity index (χ4v) is 6.05. The van der Waals surface area contributed by atoms with E-state index in [1.165, 1.54) is 29.8 Å². The van der Waals surface area contributed by atoms with Gasteiger partial charge in [-0.25, -0.2) is 5.01 Å². The van der Waals surface area contributed by atoms with E-state index < -0.39 is 16.6 Å². The summed E-state index contributed by atoms with van der Waals surface area (Å²) in [5, 5.41) is 6.42. The third-order valence-electron chi connectivity index (χ3n) is 5.73. The third kappa shape index (κ3) is 3.41. The molecular formula is C22H22F3N3OS. The Hall–Kier alpha value is -2.32. The topological polar surface area (TPSA) is 58.7 Å². The summed E-state index contributed by atoms with van der Waals surface area (Å²) in [6, 6.07) is 13.0. The highest BCUT2D eigenvalue weighted by molar-refractivity contribution is 8.15. The number of aryl methyl sites for hydroxylation is 1. The molecule has 1 spiro atoms. The molecule has 2 aromatic carbocycles. The second-order valence-corrected chi connectivity index (χ2v) is 8.80. The first-order valence-electron chi connectivity index (χ1n) is 9.82. The molecule has 1 aliphatic heterocycles. The van der Waals surface area contributed by atoms with Crippen molar-refractivity contribution >= 4 is 22.7 Å². The quantitative estimate of drug-likeness (QED) is 0.762. The van der Waals surface area contributed by atoms with Crippen LogP contribution in [0.4, 0.5) is 13.2 Å². The molecule has 4 nitrogen and oxygen atoms in total. The first kappa shape index (κ1) is 20.9. The summed E-state index contributed by atoms with van der Waals surface area (Å²) >= 11 is 1.37. The minimum Gasteiger partial charge on any atom is -0.330 e. The highest BCUT2D eigenvalue weighted by Gasteiger charge is 2.55. The highest BCUT2D eigenvalue weighted by atomic mass is 32.2. The molecule has 1 heterocycles. The number of hydrogen-bond donors (Lipinski definition) is 1. The fraction of sp³-hybridized carbons (Fsp3) is 0.364. The van der Waals surface area contributed by atoms with Crippen LogP contribution in [0.1, 0.15) is 42.0 Å². The van der Waals surface area contributed by atoms with Crippen LogP contribution in [0.25, 0.3) is 0 Å². The fourth-order valence-electron chi connectivity index (χ4n) is 4.43. The van der Waals surface area contributed by atoms with Gasteiger partial charge >= 0.3 is 6.18 Å². The molecule has 158 valence electrons. The average molecular weight is 433 g/mol. The maximum atomic E-state index is 13.2. The molecule has 1 amide bonds. The zero-order valence-electron chi connectivity index (χ0n) is 16.4. The second kappa shape index (κ2) is 7.74. The van der Waals surface area contributed by atoms with Crippen molar-refractivity contribution in [2.45, 2.75) is 37.2 Å². The number of nitrogens with zero attached hydrogens (tertiary/aromatic N) is 2. The van der Waals surface area contributed by atoms with Crippen molar-refractivity contribution in [2.75, 3.05) is 6.54 Å². The van der Waals surface area contributed by atoms with Crippen LogP contribution < -0.4 is 5.73 Å². The van der Waals surface area contributed by atoms with E-state index in [0.717, 1.165) is 36.1 Å². The van der Waals surface area contributed by atoms with E-state index in [1.54, 1.807) is 6.07 Å². The number of rotatable bonds is 3. The number of alkyl halides is 3. The number of nitrogens with two attached hydrogens (primary N) is 1. The lowest BCUT2D eigenvalue weighted by Gasteiger charge is -2.45. The maximum absolute atomic E-state index is 13.2. The van der Waals surface area contributed by atoms with Crippen LogP contribution in [0.3, 0.4) is 0 Å². The van der Waals surface area contributed by atoms with E-state index in [9.17, 15) is 18.0 Å². The lowest BCUT2D eigenvalue weighted by Crippen LogP contribution is -2.49. The number of carbonyl (C=O) groups excluding carboxylic acids is 1. The summed E-state index contributed by atoms with van der Waals surface area (Å²) in [6.45, 7) is 1.90. The Kier molecular flexibility index (Phi) is 5.40. The summed E-state index contributed by atoms with van der Waals surface area (Å²) in [6.07, 6.45) is -2.06. The maximum Gasteiger partial charge on any atom is 0.416 e. The molecule has 2 atom stereocenters. The summed E-state index contributed by atoms with van der Waals surface area (Å²) in [4.78, 5) is 11.9. The van der Waals surface area contributed by atoms with Crippen molar-refractivity contribution in [3.05, 3.63) is 70.8 Å². The Bertz CT molecular complexity index is 1010. The molecule has 0 saturated heterocycles. The minimum atomic E-state index is -4.45. The third-order valence-corrected chi connectivity index (χ3v) is 7.27. The van der Waals surface area contributed by atoms with Crippen molar-refractivity contribution < 1.29 is 18.0 Å². The van der Waals surface area contributed by atoms with Gasteiger partial charge in [0.15, 0.2) is 0 Å². The van der Waals surface area contributed by atoms with E-state index >= 15 is 0 Å².